The highest BCUT2D eigenvalue weighted by atomic mass is 16.5. The van der Waals surface area contributed by atoms with Crippen molar-refractivity contribution in [1.29, 1.82) is 0 Å². The normalized spacial score (nSPS) is 13.7. The molecule has 1 fully saturated rings. The van der Waals surface area contributed by atoms with Gasteiger partial charge in [0.1, 0.15) is 12.3 Å². The molecule has 0 saturated carbocycles. The number of amides is 2. The third kappa shape index (κ3) is 5.36. The summed E-state index contributed by atoms with van der Waals surface area (Å²) in [5.41, 5.74) is 1.79. The summed E-state index contributed by atoms with van der Waals surface area (Å²) in [7, 11) is 0. The molecule has 0 unspecified atom stereocenters. The maximum absolute atomic E-state index is 12.8. The zero-order chi connectivity index (χ0) is 22.3. The topological polar surface area (TPSA) is 92.8 Å². The summed E-state index contributed by atoms with van der Waals surface area (Å²) in [5, 5.41) is 6.99. The van der Waals surface area contributed by atoms with Crippen molar-refractivity contribution in [1.82, 2.24) is 14.7 Å². The van der Waals surface area contributed by atoms with Gasteiger partial charge in [-0.25, -0.2) is 0 Å². The lowest BCUT2D eigenvalue weighted by molar-refractivity contribution is -0.116. The number of hydrogen-bond donors (Lipinski definition) is 1. The lowest BCUT2D eigenvalue weighted by Gasteiger charge is -2.29. The van der Waals surface area contributed by atoms with Gasteiger partial charge < -0.3 is 24.3 Å². The second-order valence-electron chi connectivity index (χ2n) is 7.48. The van der Waals surface area contributed by atoms with Crippen LogP contribution in [0, 0.1) is 0 Å². The molecule has 0 bridgehead atoms. The van der Waals surface area contributed by atoms with E-state index in [9.17, 15) is 9.59 Å². The van der Waals surface area contributed by atoms with Crippen molar-refractivity contribution in [3.8, 4) is 0 Å². The van der Waals surface area contributed by atoms with Crippen molar-refractivity contribution in [3.63, 3.8) is 0 Å². The fraction of sp³-hybridized carbons (Fsp3) is 0.348. The van der Waals surface area contributed by atoms with Gasteiger partial charge in [-0.2, -0.15) is 5.10 Å². The molecule has 0 radical (unpaired) electrons. The molecule has 32 heavy (non-hydrogen) atoms. The second kappa shape index (κ2) is 10.1. The Morgan fingerprint density at radius 1 is 1.12 bits per heavy atom. The number of rotatable bonds is 8. The van der Waals surface area contributed by atoms with E-state index in [1.807, 2.05) is 43.5 Å². The number of hydrogen-bond acceptors (Lipinski definition) is 6. The molecule has 1 aliphatic heterocycles. The zero-order valence-electron chi connectivity index (χ0n) is 18.1. The predicted molar refractivity (Wildman–Crippen MR) is 120 cm³/mol. The van der Waals surface area contributed by atoms with Gasteiger partial charge in [-0.1, -0.05) is 0 Å². The summed E-state index contributed by atoms with van der Waals surface area (Å²) in [6, 6.07) is 12.9. The molecule has 1 aliphatic rings. The molecule has 9 heteroatoms. The number of likely N-dealkylation sites (N-methyl/N-ethyl adjacent to an activating group) is 1. The summed E-state index contributed by atoms with van der Waals surface area (Å²) in [4.78, 5) is 29.1. The Morgan fingerprint density at radius 3 is 2.59 bits per heavy atom. The van der Waals surface area contributed by atoms with Crippen molar-refractivity contribution < 1.29 is 18.7 Å². The minimum atomic E-state index is -0.322. The molecule has 0 atom stereocenters. The van der Waals surface area contributed by atoms with Crippen LogP contribution in [0.15, 0.2) is 59.3 Å². The molecular formula is C23H27N5O4. The van der Waals surface area contributed by atoms with E-state index in [0.717, 1.165) is 32.0 Å². The third-order valence-electron chi connectivity index (χ3n) is 5.28. The van der Waals surface area contributed by atoms with Gasteiger partial charge in [0, 0.05) is 43.4 Å². The molecule has 3 heterocycles. The van der Waals surface area contributed by atoms with Crippen LogP contribution in [0.5, 0.6) is 0 Å². The minimum Gasteiger partial charge on any atom is -0.454 e. The van der Waals surface area contributed by atoms with E-state index in [4.69, 9.17) is 9.15 Å². The quantitative estimate of drug-likeness (QED) is 0.582. The Hall–Kier alpha value is -3.59. The molecule has 0 aliphatic carbocycles. The zero-order valence-corrected chi connectivity index (χ0v) is 18.1. The Kier molecular flexibility index (Phi) is 6.86. The SMILES string of the molecule is CCN(CC(=O)Nc1ccc(N2CCOCC2)cc1)C(=O)c1ccc(Cn2cccn2)o1. The van der Waals surface area contributed by atoms with Gasteiger partial charge >= 0.3 is 0 Å². The largest absolute Gasteiger partial charge is 0.454 e. The van der Waals surface area contributed by atoms with Crippen molar-refractivity contribution >= 4 is 23.2 Å². The van der Waals surface area contributed by atoms with Crippen LogP contribution < -0.4 is 10.2 Å². The average Bonchev–Trinajstić information content (AvgIpc) is 3.51. The van der Waals surface area contributed by atoms with Crippen molar-refractivity contribution in [2.75, 3.05) is 49.6 Å². The van der Waals surface area contributed by atoms with Crippen molar-refractivity contribution in [3.05, 3.63) is 66.4 Å². The van der Waals surface area contributed by atoms with Crippen molar-refractivity contribution in [2.45, 2.75) is 13.5 Å². The van der Waals surface area contributed by atoms with Crippen LogP contribution >= 0.6 is 0 Å². The fourth-order valence-electron chi connectivity index (χ4n) is 3.57. The molecule has 0 spiro atoms. The van der Waals surface area contributed by atoms with Gasteiger partial charge in [0.25, 0.3) is 5.91 Å². The maximum Gasteiger partial charge on any atom is 0.290 e. The van der Waals surface area contributed by atoms with Gasteiger partial charge in [-0.15, -0.1) is 0 Å². The van der Waals surface area contributed by atoms with Crippen LogP contribution in [0.2, 0.25) is 0 Å². The Morgan fingerprint density at radius 2 is 1.91 bits per heavy atom. The fourth-order valence-corrected chi connectivity index (χ4v) is 3.57. The molecule has 3 aromatic rings. The highest BCUT2D eigenvalue weighted by Gasteiger charge is 2.21. The number of carbonyl (C=O) groups is 2. The summed E-state index contributed by atoms with van der Waals surface area (Å²) in [6.07, 6.45) is 3.50. The van der Waals surface area contributed by atoms with Crippen molar-refractivity contribution in [2.24, 2.45) is 0 Å². The van der Waals surface area contributed by atoms with Gasteiger partial charge in [0.2, 0.25) is 5.91 Å². The van der Waals surface area contributed by atoms with Crippen LogP contribution in [-0.2, 0) is 16.1 Å². The smallest absolute Gasteiger partial charge is 0.290 e. The number of aromatic nitrogens is 2. The minimum absolute atomic E-state index is 0.0598. The summed E-state index contributed by atoms with van der Waals surface area (Å²) in [6.45, 7) is 5.75. The lowest BCUT2D eigenvalue weighted by Crippen LogP contribution is -2.37. The monoisotopic (exact) mass is 437 g/mol. The number of anilines is 2. The second-order valence-corrected chi connectivity index (χ2v) is 7.48. The summed E-state index contributed by atoms with van der Waals surface area (Å²) < 4.78 is 12.8. The molecule has 2 amide bonds. The van der Waals surface area contributed by atoms with Gasteiger partial charge in [-0.3, -0.25) is 14.3 Å². The number of carbonyl (C=O) groups excluding carboxylic acids is 2. The molecule has 1 aromatic carbocycles. The average molecular weight is 438 g/mol. The Labute approximate surface area is 186 Å². The van der Waals surface area contributed by atoms with Gasteiger partial charge in [-0.05, 0) is 49.4 Å². The highest BCUT2D eigenvalue weighted by molar-refractivity contribution is 5.98. The Balaban J connectivity index is 1.32. The highest BCUT2D eigenvalue weighted by Crippen LogP contribution is 2.19. The molecule has 168 valence electrons. The van der Waals surface area contributed by atoms with Crippen LogP contribution in [-0.4, -0.2) is 65.9 Å². The first kappa shape index (κ1) is 21.6. The van der Waals surface area contributed by atoms with E-state index >= 15 is 0 Å². The Bertz CT molecular complexity index is 1020. The maximum atomic E-state index is 12.8. The number of nitrogens with one attached hydrogen (secondary N) is 1. The summed E-state index contributed by atoms with van der Waals surface area (Å²) >= 11 is 0. The number of furan rings is 1. The molecule has 2 aromatic heterocycles. The first-order chi connectivity index (χ1) is 15.6. The molecule has 1 N–H and O–H groups in total. The van der Waals surface area contributed by atoms with E-state index in [1.165, 1.54) is 4.90 Å². The summed E-state index contributed by atoms with van der Waals surface area (Å²) in [5.74, 6) is 0.245. The van der Waals surface area contributed by atoms with Crippen LogP contribution in [0.3, 0.4) is 0 Å². The number of ether oxygens (including phenoxy) is 1. The molecule has 4 rings (SSSR count). The van der Waals surface area contributed by atoms with E-state index in [2.05, 4.69) is 15.3 Å². The van der Waals surface area contributed by atoms with E-state index in [1.54, 1.807) is 23.0 Å². The lowest BCUT2D eigenvalue weighted by atomic mass is 10.2. The number of morpholine rings is 1. The van der Waals surface area contributed by atoms with E-state index in [0.29, 0.717) is 24.5 Å². The molecule has 1 saturated heterocycles. The first-order valence-corrected chi connectivity index (χ1v) is 10.7. The predicted octanol–water partition coefficient (Wildman–Crippen LogP) is 2.46. The van der Waals surface area contributed by atoms with E-state index in [-0.39, 0.29) is 24.1 Å². The van der Waals surface area contributed by atoms with E-state index < -0.39 is 0 Å². The van der Waals surface area contributed by atoms with Crippen LogP contribution in [0.1, 0.15) is 23.2 Å². The van der Waals surface area contributed by atoms with Crippen LogP contribution in [0.4, 0.5) is 11.4 Å². The standard InChI is InChI=1S/C23H27N5O4/c1-2-26(23(30)21-9-8-20(32-21)16-28-11-3-10-24-28)17-22(29)25-18-4-6-19(7-5-18)27-12-14-31-15-13-27/h3-11H,2,12-17H2,1H3,(H,25,29). The molecule has 9 nitrogen and oxygen atoms in total. The number of nitrogens with zero attached hydrogens (tertiary/aromatic N) is 4. The third-order valence-corrected chi connectivity index (χ3v) is 5.28. The van der Waals surface area contributed by atoms with Gasteiger partial charge in [0.15, 0.2) is 5.76 Å². The first-order valence-electron chi connectivity index (χ1n) is 10.7. The van der Waals surface area contributed by atoms with Crippen LogP contribution in [0.25, 0.3) is 0 Å². The number of benzene rings is 1. The molecular weight excluding hydrogens is 410 g/mol. The van der Waals surface area contributed by atoms with Gasteiger partial charge in [0.05, 0.1) is 19.8 Å².